The number of nitrogens with zero attached hydrogens (tertiary/aromatic N) is 2. The summed E-state index contributed by atoms with van der Waals surface area (Å²) in [6, 6.07) is 19.5. The summed E-state index contributed by atoms with van der Waals surface area (Å²) >= 11 is 12.0. The summed E-state index contributed by atoms with van der Waals surface area (Å²) in [5.74, 6) is -1.34. The molecule has 0 amide bonds. The van der Waals surface area contributed by atoms with Crippen molar-refractivity contribution in [1.82, 2.24) is 9.44 Å². The molecule has 319 valence electrons. The van der Waals surface area contributed by atoms with Gasteiger partial charge in [-0.1, -0.05) is 103 Å². The normalized spacial score (nSPS) is 16.1. The second-order valence-corrected chi connectivity index (χ2v) is 17.7. The van der Waals surface area contributed by atoms with E-state index in [1.54, 1.807) is 36.4 Å². The largest absolute Gasteiger partial charge is 1.00 e. The Balaban J connectivity index is 0.000000272. The van der Waals surface area contributed by atoms with Gasteiger partial charge < -0.3 is 15.9 Å². The number of hydrogen-bond acceptors (Lipinski definition) is 13. The predicted molar refractivity (Wildman–Crippen MR) is 232 cm³/mol. The summed E-state index contributed by atoms with van der Waals surface area (Å²) in [4.78, 5) is 23.7. The number of phenols is 2. The van der Waals surface area contributed by atoms with Gasteiger partial charge in [-0.15, -0.1) is 0 Å². The van der Waals surface area contributed by atoms with E-state index in [0.29, 0.717) is 17.2 Å². The van der Waals surface area contributed by atoms with Crippen LogP contribution in [0.5, 0.6) is 11.5 Å². The first-order chi connectivity index (χ1) is 28.1. The van der Waals surface area contributed by atoms with Crippen LogP contribution in [0, 0.1) is 0 Å². The number of nitrogens with two attached hydrogens (primary N) is 1. The monoisotopic (exact) mass is 941 g/mol. The first-order valence-corrected chi connectivity index (χ1v) is 21.8. The molecular formula is C40H42Cl2CoN7O8S2+. The number of benzene rings is 4. The van der Waals surface area contributed by atoms with Crippen LogP contribution in [-0.4, -0.2) is 70.2 Å². The number of carbonyl (C=O) groups excluding carboxylic acids is 2. The second-order valence-electron chi connectivity index (χ2n) is 13.1. The number of ketones is 2. The van der Waals surface area contributed by atoms with Crippen molar-refractivity contribution < 1.29 is 54.8 Å². The molecule has 0 atom stereocenters. The minimum atomic E-state index is -3.82. The van der Waals surface area contributed by atoms with Gasteiger partial charge in [0.15, 0.2) is 0 Å². The van der Waals surface area contributed by atoms with Crippen molar-refractivity contribution in [3.8, 4) is 11.5 Å². The quantitative estimate of drug-likeness (QED) is 0.0784. The van der Waals surface area contributed by atoms with Gasteiger partial charge in [0.05, 0.1) is 21.4 Å². The molecule has 1 radical (unpaired) electrons. The van der Waals surface area contributed by atoms with Gasteiger partial charge in [0.1, 0.15) is 32.7 Å². The molecule has 20 heteroatoms. The molecule has 7 rings (SSSR count). The zero-order valence-corrected chi connectivity index (χ0v) is 36.3. The Bertz CT molecular complexity index is 2450. The van der Waals surface area contributed by atoms with Crippen LogP contribution in [0.1, 0.15) is 55.8 Å². The Kier molecular flexibility index (Phi) is 16.8. The molecule has 0 aromatic heterocycles. The summed E-state index contributed by atoms with van der Waals surface area (Å²) in [6.07, 6.45) is 12.9. The van der Waals surface area contributed by atoms with Crippen LogP contribution >= 0.6 is 23.2 Å². The molecule has 8 N–H and O–H groups in total. The summed E-state index contributed by atoms with van der Waals surface area (Å²) in [7, 11) is -5.17. The van der Waals surface area contributed by atoms with Crippen LogP contribution in [0.4, 0.5) is 11.4 Å². The number of hydrogen-bond donors (Lipinski definition) is 7. The first-order valence-electron chi connectivity index (χ1n) is 18.0. The number of rotatable bonds is 8. The fourth-order valence-corrected chi connectivity index (χ4v) is 8.50. The standard InChI is InChI=1S/2C17H14ClN3O4S.C6H13N.Co/c2*1-19-26(24,25)16-9-15(23)13(8-12(16)18)20-21-17-11-5-3-2-4-10(11)6-7-14(17)22;7-6-4-2-1-3-5-6;/h2*2-9,19-20,23H,1H3;6H,1-5,7H2;/p+1/b2*21-17-;;. The van der Waals surface area contributed by atoms with E-state index in [9.17, 15) is 36.6 Å². The molecule has 0 saturated heterocycles. The third kappa shape index (κ3) is 11.7. The molecule has 3 aliphatic carbocycles. The van der Waals surface area contributed by atoms with Crippen molar-refractivity contribution in [1.29, 1.82) is 0 Å². The zero-order chi connectivity index (χ0) is 42.9. The predicted octanol–water partition coefficient (Wildman–Crippen LogP) is 6.12. The van der Waals surface area contributed by atoms with Crippen LogP contribution in [-0.2, 0) is 46.4 Å². The van der Waals surface area contributed by atoms with Crippen molar-refractivity contribution in [2.24, 2.45) is 15.9 Å². The number of phenolic OH excluding ortho intramolecular Hbond substituents is 2. The average molecular weight is 943 g/mol. The summed E-state index contributed by atoms with van der Waals surface area (Å²) < 4.78 is 51.7. The molecule has 0 heterocycles. The number of sulfonamides is 2. The van der Waals surface area contributed by atoms with Gasteiger partial charge in [-0.3, -0.25) is 20.4 Å². The number of nitrogens with one attached hydrogen (secondary N) is 4. The number of carbonyl (C=O) groups is 2. The van der Waals surface area contributed by atoms with Gasteiger partial charge in [0.2, 0.25) is 31.6 Å². The number of hydrazone groups is 2. The number of allylic oxidation sites excluding steroid dienone is 2. The fraction of sp³-hybridized carbons (Fsp3) is 0.200. The van der Waals surface area contributed by atoms with Crippen LogP contribution < -0.4 is 26.0 Å². The Morgan fingerprint density at radius 2 is 1.03 bits per heavy atom. The SMILES string of the molecule is CNS(=O)(=O)c1cc(O)c(N/N=C2\C(=O)C=Cc3ccccc32)cc1Cl.CNS(=O)(=O)c1cc(O)c(N/N=C2\C(=O)C=Cc3ccccc32)cc1Cl.NC1CCCCC1.[Co].[H+]. The van der Waals surface area contributed by atoms with Crippen LogP contribution in [0.25, 0.3) is 12.2 Å². The molecule has 0 spiro atoms. The van der Waals surface area contributed by atoms with E-state index < -0.39 is 20.0 Å². The molecule has 4 aromatic carbocycles. The Morgan fingerprint density at radius 1 is 0.650 bits per heavy atom. The number of aromatic hydroxyl groups is 2. The minimum Gasteiger partial charge on any atom is -0.506 e. The van der Waals surface area contributed by atoms with E-state index in [2.05, 4.69) is 30.5 Å². The van der Waals surface area contributed by atoms with Gasteiger partial charge >= 0.3 is 1.43 Å². The van der Waals surface area contributed by atoms with E-state index in [4.69, 9.17) is 28.9 Å². The maximum atomic E-state index is 12.1. The van der Waals surface area contributed by atoms with Crippen molar-refractivity contribution >= 4 is 89.8 Å². The van der Waals surface area contributed by atoms with Gasteiger partial charge in [-0.25, -0.2) is 26.3 Å². The topological polar surface area (TPSA) is 242 Å². The molecule has 0 unspecified atom stereocenters. The molecule has 60 heavy (non-hydrogen) atoms. The van der Waals surface area contributed by atoms with E-state index >= 15 is 0 Å². The Hall–Kier alpha value is -4.89. The van der Waals surface area contributed by atoms with Gasteiger partial charge in [-0.05, 0) is 62.3 Å². The van der Waals surface area contributed by atoms with Gasteiger partial charge in [-0.2, -0.15) is 10.2 Å². The van der Waals surface area contributed by atoms with Crippen LogP contribution in [0.3, 0.4) is 0 Å². The molecule has 0 bridgehead atoms. The number of halogens is 2. The molecule has 1 saturated carbocycles. The molecular weight excluding hydrogens is 900 g/mol. The van der Waals surface area contributed by atoms with E-state index in [-0.39, 0.29) is 83.9 Å². The fourth-order valence-electron chi connectivity index (χ4n) is 5.96. The van der Waals surface area contributed by atoms with Crippen molar-refractivity contribution in [2.75, 3.05) is 24.9 Å². The number of anilines is 2. The smallest absolute Gasteiger partial charge is 0.506 e. The maximum Gasteiger partial charge on any atom is 1.00 e. The Labute approximate surface area is 369 Å². The molecule has 4 aromatic rings. The van der Waals surface area contributed by atoms with Crippen molar-refractivity contribution in [2.45, 2.75) is 47.9 Å². The van der Waals surface area contributed by atoms with Crippen molar-refractivity contribution in [3.05, 3.63) is 117 Å². The van der Waals surface area contributed by atoms with E-state index in [1.165, 1.54) is 70.5 Å². The first kappa shape index (κ1) is 47.8. The van der Waals surface area contributed by atoms with Crippen LogP contribution in [0.15, 0.2) is 105 Å². The second kappa shape index (κ2) is 21.1. The van der Waals surface area contributed by atoms with Gasteiger partial charge in [0.25, 0.3) is 0 Å². The molecule has 1 fully saturated rings. The third-order valence-electron chi connectivity index (χ3n) is 9.17. The molecule has 0 aliphatic heterocycles. The van der Waals surface area contributed by atoms with Gasteiger partial charge in [0, 0.05) is 46.1 Å². The molecule has 3 aliphatic rings. The average Bonchev–Trinajstić information content (AvgIpc) is 3.22. The number of fused-ring (bicyclic) bond motifs is 2. The zero-order valence-electron chi connectivity index (χ0n) is 33.1. The van der Waals surface area contributed by atoms with Crippen LogP contribution in [0.2, 0.25) is 10.0 Å². The summed E-state index contributed by atoms with van der Waals surface area (Å²) in [5, 5.41) is 28.1. The minimum absolute atomic E-state index is 0. The van der Waals surface area contributed by atoms with E-state index in [0.717, 1.165) is 23.3 Å². The summed E-state index contributed by atoms with van der Waals surface area (Å²) in [6.45, 7) is 0. The third-order valence-corrected chi connectivity index (χ3v) is 12.9. The molecule has 15 nitrogen and oxygen atoms in total. The Morgan fingerprint density at radius 3 is 1.38 bits per heavy atom. The maximum absolute atomic E-state index is 12.1. The van der Waals surface area contributed by atoms with E-state index in [1.807, 2.05) is 24.3 Å². The summed E-state index contributed by atoms with van der Waals surface area (Å²) in [5.41, 5.74) is 14.2. The van der Waals surface area contributed by atoms with Crippen molar-refractivity contribution in [3.63, 3.8) is 0 Å².